The van der Waals surface area contributed by atoms with Crippen LogP contribution in [-0.2, 0) is 11.3 Å². The van der Waals surface area contributed by atoms with Gasteiger partial charge in [0.1, 0.15) is 6.04 Å². The Morgan fingerprint density at radius 1 is 1.68 bits per heavy atom. The lowest BCUT2D eigenvalue weighted by Crippen LogP contribution is -2.56. The number of hydrogen-bond acceptors (Lipinski definition) is 5. The van der Waals surface area contributed by atoms with Gasteiger partial charge in [-0.25, -0.2) is 4.98 Å². The van der Waals surface area contributed by atoms with E-state index in [1.807, 2.05) is 0 Å². The SMILES string of the molecule is CNC(=O)C1CNCCN1Cc1csc(C(C)C)n1. The first kappa shape index (κ1) is 14.4. The molecule has 1 aliphatic rings. The number of aromatic nitrogens is 1. The van der Waals surface area contributed by atoms with Crippen molar-refractivity contribution in [2.75, 3.05) is 26.7 Å². The number of likely N-dealkylation sites (N-methyl/N-ethyl adjacent to an activating group) is 1. The number of nitrogens with one attached hydrogen (secondary N) is 2. The van der Waals surface area contributed by atoms with Crippen LogP contribution < -0.4 is 10.6 Å². The Balaban J connectivity index is 2.04. The summed E-state index contributed by atoms with van der Waals surface area (Å²) in [6.07, 6.45) is 0. The molecule has 1 unspecified atom stereocenters. The van der Waals surface area contributed by atoms with Crippen LogP contribution in [-0.4, -0.2) is 48.5 Å². The van der Waals surface area contributed by atoms with E-state index in [9.17, 15) is 4.79 Å². The van der Waals surface area contributed by atoms with Gasteiger partial charge in [0, 0.05) is 44.5 Å². The fourth-order valence-corrected chi connectivity index (χ4v) is 3.06. The quantitative estimate of drug-likeness (QED) is 0.857. The van der Waals surface area contributed by atoms with E-state index in [0.29, 0.717) is 12.5 Å². The molecule has 1 saturated heterocycles. The van der Waals surface area contributed by atoms with Crippen LogP contribution in [0.2, 0.25) is 0 Å². The van der Waals surface area contributed by atoms with Crippen molar-refractivity contribution in [3.8, 4) is 0 Å². The van der Waals surface area contributed by atoms with Gasteiger partial charge >= 0.3 is 0 Å². The Morgan fingerprint density at radius 3 is 3.11 bits per heavy atom. The average Bonchev–Trinajstić information content (AvgIpc) is 2.87. The molecule has 5 nitrogen and oxygen atoms in total. The van der Waals surface area contributed by atoms with Crippen LogP contribution in [0.5, 0.6) is 0 Å². The first-order valence-electron chi connectivity index (χ1n) is 6.72. The number of piperazine rings is 1. The smallest absolute Gasteiger partial charge is 0.238 e. The molecule has 0 aromatic carbocycles. The molecule has 2 heterocycles. The molecule has 1 aromatic rings. The third kappa shape index (κ3) is 3.52. The lowest BCUT2D eigenvalue weighted by molar-refractivity contribution is -0.126. The van der Waals surface area contributed by atoms with E-state index in [-0.39, 0.29) is 11.9 Å². The number of thiazole rings is 1. The van der Waals surface area contributed by atoms with Crippen LogP contribution in [0.4, 0.5) is 0 Å². The molecule has 1 fully saturated rings. The highest BCUT2D eigenvalue weighted by molar-refractivity contribution is 7.09. The van der Waals surface area contributed by atoms with Crippen LogP contribution in [0.1, 0.15) is 30.5 Å². The minimum absolute atomic E-state index is 0.0755. The summed E-state index contributed by atoms with van der Waals surface area (Å²) in [6, 6.07) is -0.0945. The first-order chi connectivity index (χ1) is 9.11. The summed E-state index contributed by atoms with van der Waals surface area (Å²) in [5.41, 5.74) is 1.07. The fourth-order valence-electron chi connectivity index (χ4n) is 2.23. The predicted molar refractivity (Wildman–Crippen MR) is 77.3 cm³/mol. The second-order valence-electron chi connectivity index (χ2n) is 5.14. The normalized spacial score (nSPS) is 20.7. The van der Waals surface area contributed by atoms with Crippen molar-refractivity contribution < 1.29 is 4.79 Å². The molecule has 1 aliphatic heterocycles. The van der Waals surface area contributed by atoms with E-state index >= 15 is 0 Å². The lowest BCUT2D eigenvalue weighted by atomic mass is 10.1. The number of nitrogens with zero attached hydrogens (tertiary/aromatic N) is 2. The van der Waals surface area contributed by atoms with Crippen molar-refractivity contribution in [1.82, 2.24) is 20.5 Å². The second kappa shape index (κ2) is 6.45. The highest BCUT2D eigenvalue weighted by atomic mass is 32.1. The van der Waals surface area contributed by atoms with Gasteiger partial charge in [0.15, 0.2) is 0 Å². The maximum absolute atomic E-state index is 11.9. The van der Waals surface area contributed by atoms with Gasteiger partial charge in [0.05, 0.1) is 10.7 Å². The van der Waals surface area contributed by atoms with E-state index in [2.05, 4.69) is 39.7 Å². The van der Waals surface area contributed by atoms with Crippen molar-refractivity contribution in [3.05, 3.63) is 16.1 Å². The minimum atomic E-state index is -0.0945. The number of rotatable bonds is 4. The number of carbonyl (C=O) groups excluding carboxylic acids is 1. The zero-order chi connectivity index (χ0) is 13.8. The van der Waals surface area contributed by atoms with Crippen LogP contribution in [0, 0.1) is 0 Å². The molecule has 1 amide bonds. The summed E-state index contributed by atoms with van der Waals surface area (Å²) in [5, 5.41) is 9.28. The standard InChI is InChI=1S/C13H22N4OS/c1-9(2)13-16-10(8-19-13)7-17-5-4-15-6-11(17)12(18)14-3/h8-9,11,15H,4-7H2,1-3H3,(H,14,18). The van der Waals surface area contributed by atoms with Crippen molar-refractivity contribution in [2.45, 2.75) is 32.4 Å². The van der Waals surface area contributed by atoms with E-state index in [4.69, 9.17) is 0 Å². The summed E-state index contributed by atoms with van der Waals surface area (Å²) in [5.74, 6) is 0.544. The van der Waals surface area contributed by atoms with E-state index < -0.39 is 0 Å². The van der Waals surface area contributed by atoms with Gasteiger partial charge in [0.25, 0.3) is 0 Å². The molecule has 1 aromatic heterocycles. The van der Waals surface area contributed by atoms with Crippen LogP contribution in [0.25, 0.3) is 0 Å². The fraction of sp³-hybridized carbons (Fsp3) is 0.692. The van der Waals surface area contributed by atoms with E-state index in [1.165, 1.54) is 5.01 Å². The molecule has 2 rings (SSSR count). The van der Waals surface area contributed by atoms with Crippen molar-refractivity contribution in [3.63, 3.8) is 0 Å². The van der Waals surface area contributed by atoms with Gasteiger partial charge in [-0.15, -0.1) is 11.3 Å². The van der Waals surface area contributed by atoms with Gasteiger partial charge in [-0.3, -0.25) is 9.69 Å². The molecular weight excluding hydrogens is 260 g/mol. The van der Waals surface area contributed by atoms with Gasteiger partial charge < -0.3 is 10.6 Å². The largest absolute Gasteiger partial charge is 0.358 e. The molecule has 0 saturated carbocycles. The molecule has 0 radical (unpaired) electrons. The zero-order valence-electron chi connectivity index (χ0n) is 11.8. The van der Waals surface area contributed by atoms with Gasteiger partial charge in [-0.05, 0) is 0 Å². The van der Waals surface area contributed by atoms with Gasteiger partial charge in [0.2, 0.25) is 5.91 Å². The molecule has 2 N–H and O–H groups in total. The van der Waals surface area contributed by atoms with Crippen LogP contribution in [0.3, 0.4) is 0 Å². The molecule has 106 valence electrons. The minimum Gasteiger partial charge on any atom is -0.358 e. The molecule has 0 spiro atoms. The Morgan fingerprint density at radius 2 is 2.47 bits per heavy atom. The van der Waals surface area contributed by atoms with Gasteiger partial charge in [-0.2, -0.15) is 0 Å². The topological polar surface area (TPSA) is 57.3 Å². The number of hydrogen-bond donors (Lipinski definition) is 2. The maximum Gasteiger partial charge on any atom is 0.238 e. The van der Waals surface area contributed by atoms with Crippen molar-refractivity contribution in [2.24, 2.45) is 0 Å². The van der Waals surface area contributed by atoms with E-state index in [0.717, 1.165) is 25.3 Å². The van der Waals surface area contributed by atoms with Crippen LogP contribution in [0.15, 0.2) is 5.38 Å². The number of carbonyl (C=O) groups is 1. The highest BCUT2D eigenvalue weighted by Gasteiger charge is 2.28. The molecule has 1 atom stereocenters. The zero-order valence-corrected chi connectivity index (χ0v) is 12.6. The molecular formula is C13H22N4OS. The number of amides is 1. The molecule has 0 bridgehead atoms. The molecule has 19 heavy (non-hydrogen) atoms. The third-order valence-corrected chi connectivity index (χ3v) is 4.53. The third-order valence-electron chi connectivity index (χ3n) is 3.33. The van der Waals surface area contributed by atoms with Crippen LogP contribution >= 0.6 is 11.3 Å². The Bertz CT molecular complexity index is 432. The Kier molecular flexibility index (Phi) is 4.90. The second-order valence-corrected chi connectivity index (χ2v) is 6.03. The Labute approximate surface area is 118 Å². The summed E-state index contributed by atoms with van der Waals surface area (Å²) in [6.45, 7) is 7.58. The van der Waals surface area contributed by atoms with Gasteiger partial charge in [-0.1, -0.05) is 13.8 Å². The summed E-state index contributed by atoms with van der Waals surface area (Å²) >= 11 is 1.71. The highest BCUT2D eigenvalue weighted by Crippen LogP contribution is 2.20. The van der Waals surface area contributed by atoms with E-state index in [1.54, 1.807) is 18.4 Å². The lowest BCUT2D eigenvalue weighted by Gasteiger charge is -2.34. The summed E-state index contributed by atoms with van der Waals surface area (Å²) < 4.78 is 0. The maximum atomic E-state index is 11.9. The summed E-state index contributed by atoms with van der Waals surface area (Å²) in [4.78, 5) is 18.7. The van der Waals surface area contributed by atoms with Crippen molar-refractivity contribution in [1.29, 1.82) is 0 Å². The molecule has 6 heteroatoms. The monoisotopic (exact) mass is 282 g/mol. The molecule has 0 aliphatic carbocycles. The Hall–Kier alpha value is -0.980. The summed E-state index contributed by atoms with van der Waals surface area (Å²) in [7, 11) is 1.69. The average molecular weight is 282 g/mol. The first-order valence-corrected chi connectivity index (χ1v) is 7.60. The predicted octanol–water partition coefficient (Wildman–Crippen LogP) is 0.786. The van der Waals surface area contributed by atoms with Crippen molar-refractivity contribution >= 4 is 17.2 Å².